The van der Waals surface area contributed by atoms with Crippen LogP contribution in [0.15, 0.2) is 108 Å². The maximum Gasteiger partial charge on any atom is 0.197 e. The largest absolute Gasteiger partial charge is 0.288 e. The molecule has 2 aliphatic rings. The van der Waals surface area contributed by atoms with Crippen molar-refractivity contribution < 1.29 is 19.2 Å². The molecular weight excluding hydrogens is 625 g/mol. The first-order valence-electron chi connectivity index (χ1n) is 13.7. The molecule has 210 valence electrons. The van der Waals surface area contributed by atoms with Crippen molar-refractivity contribution in [2.24, 2.45) is 0 Å². The van der Waals surface area contributed by atoms with Crippen LogP contribution in [0.25, 0.3) is 41.4 Å². The average Bonchev–Trinajstić information content (AvgIpc) is 3.89. The van der Waals surface area contributed by atoms with E-state index in [1.807, 2.05) is 24.3 Å². The van der Waals surface area contributed by atoms with Gasteiger partial charge < -0.3 is 0 Å². The van der Waals surface area contributed by atoms with E-state index in [4.69, 9.17) is 0 Å². The predicted molar refractivity (Wildman–Crippen MR) is 180 cm³/mol. The first-order chi connectivity index (χ1) is 21.4. The highest BCUT2D eigenvalue weighted by Gasteiger charge is 2.33. The third-order valence-corrected chi connectivity index (χ3v) is 12.4. The second kappa shape index (κ2) is 10.5. The Hall–Kier alpha value is -4.60. The van der Waals surface area contributed by atoms with Gasteiger partial charge in [-0.2, -0.15) is 0 Å². The third-order valence-electron chi connectivity index (χ3n) is 7.58. The number of hydrogen-bond acceptors (Lipinski definition) is 8. The lowest BCUT2D eigenvalue weighted by molar-refractivity contribution is 0.0975. The first kappa shape index (κ1) is 27.0. The summed E-state index contributed by atoms with van der Waals surface area (Å²) in [4.78, 5) is 59.6. The second-order valence-electron chi connectivity index (χ2n) is 10.3. The SMILES string of the molecule is O=C1C(=Cc2ccc(-c3ccc(-c4ccc(-c5ccc(C=C6C(=O)c7ccccc7C6=O)s5)s4)s3)s2)C(=O)c2ccccc21. The van der Waals surface area contributed by atoms with E-state index >= 15 is 0 Å². The zero-order valence-corrected chi connectivity index (χ0v) is 25.9. The Morgan fingerprint density at radius 3 is 0.932 bits per heavy atom. The lowest BCUT2D eigenvalue weighted by Gasteiger charge is -1.93. The number of ketones is 4. The van der Waals surface area contributed by atoms with Crippen molar-refractivity contribution in [3.05, 3.63) is 140 Å². The molecule has 0 fully saturated rings. The predicted octanol–water partition coefficient (Wildman–Crippen LogP) is 9.86. The normalized spacial score (nSPS) is 14.0. The van der Waals surface area contributed by atoms with Crippen LogP contribution in [-0.4, -0.2) is 23.1 Å². The molecule has 44 heavy (non-hydrogen) atoms. The van der Waals surface area contributed by atoms with Crippen LogP contribution >= 0.6 is 45.3 Å². The summed E-state index contributed by atoms with van der Waals surface area (Å²) >= 11 is 6.52. The Balaban J connectivity index is 1.00. The molecule has 6 aromatic rings. The monoisotopic (exact) mass is 642 g/mol. The van der Waals surface area contributed by atoms with E-state index in [1.165, 1.54) is 0 Å². The number of Topliss-reactive ketones (excluding diaryl/α,β-unsaturated/α-hetero) is 4. The molecule has 0 saturated heterocycles. The van der Waals surface area contributed by atoms with Gasteiger partial charge in [0.25, 0.3) is 0 Å². The molecule has 0 amide bonds. The van der Waals surface area contributed by atoms with Crippen LogP contribution in [0.2, 0.25) is 0 Å². The van der Waals surface area contributed by atoms with E-state index < -0.39 is 0 Å². The minimum absolute atomic E-state index is 0.215. The van der Waals surface area contributed by atoms with E-state index in [1.54, 1.807) is 106 Å². The number of allylic oxidation sites excluding steroid dienone is 2. The second-order valence-corrected chi connectivity index (χ2v) is 14.7. The maximum absolute atomic E-state index is 12.8. The average molecular weight is 643 g/mol. The molecule has 0 spiro atoms. The number of thiophene rings is 4. The molecule has 0 radical (unpaired) electrons. The summed E-state index contributed by atoms with van der Waals surface area (Å²) in [5, 5.41) is 0. The van der Waals surface area contributed by atoms with E-state index in [0.29, 0.717) is 22.3 Å². The number of carbonyl (C=O) groups is 4. The van der Waals surface area contributed by atoms with Crippen molar-refractivity contribution in [1.29, 1.82) is 0 Å². The molecule has 0 bridgehead atoms. The van der Waals surface area contributed by atoms with Gasteiger partial charge in [-0.1, -0.05) is 48.5 Å². The van der Waals surface area contributed by atoms with Gasteiger partial charge >= 0.3 is 0 Å². The van der Waals surface area contributed by atoms with Gasteiger partial charge in [-0.3, -0.25) is 19.2 Å². The van der Waals surface area contributed by atoms with Gasteiger partial charge in [0.15, 0.2) is 23.1 Å². The van der Waals surface area contributed by atoms with Crippen molar-refractivity contribution in [3.63, 3.8) is 0 Å². The van der Waals surface area contributed by atoms with E-state index in [0.717, 1.165) is 39.0 Å². The smallest absolute Gasteiger partial charge is 0.197 e. The molecule has 8 rings (SSSR count). The fraction of sp³-hybridized carbons (Fsp3) is 0. The maximum atomic E-state index is 12.8. The van der Waals surface area contributed by atoms with Gasteiger partial charge in [-0.15, -0.1) is 45.3 Å². The van der Waals surface area contributed by atoms with Crippen molar-refractivity contribution in [1.82, 2.24) is 0 Å². The zero-order chi connectivity index (χ0) is 29.9. The molecule has 4 nitrogen and oxygen atoms in total. The standard InChI is InChI=1S/C36H18O4S4/c37-33-21-5-1-2-6-22(21)34(38)25(33)17-19-9-11-27(41-19)29-13-15-31(43-29)32-16-14-30(44-32)28-12-10-20(42-28)18-26-35(39)23-7-3-4-8-24(23)36(26)40/h1-18H. The summed E-state index contributed by atoms with van der Waals surface area (Å²) in [6, 6.07) is 30.3. The number of rotatable bonds is 5. The van der Waals surface area contributed by atoms with Crippen molar-refractivity contribution in [2.75, 3.05) is 0 Å². The minimum Gasteiger partial charge on any atom is -0.288 e. The molecular formula is C36H18O4S4. The summed E-state index contributed by atoms with van der Waals surface area (Å²) in [6.45, 7) is 0. The zero-order valence-electron chi connectivity index (χ0n) is 22.7. The molecule has 4 aromatic heterocycles. The van der Waals surface area contributed by atoms with Crippen LogP contribution in [0.5, 0.6) is 0 Å². The number of hydrogen-bond donors (Lipinski definition) is 0. The van der Waals surface area contributed by atoms with Crippen LogP contribution < -0.4 is 0 Å². The van der Waals surface area contributed by atoms with E-state index in [9.17, 15) is 19.2 Å². The van der Waals surface area contributed by atoms with E-state index in [2.05, 4.69) is 24.3 Å². The summed E-state index contributed by atoms with van der Waals surface area (Å²) in [7, 11) is 0. The summed E-state index contributed by atoms with van der Waals surface area (Å²) < 4.78 is 0. The van der Waals surface area contributed by atoms with Crippen LogP contribution in [-0.2, 0) is 0 Å². The molecule has 0 atom stereocenters. The number of carbonyl (C=O) groups excluding carboxylic acids is 4. The highest BCUT2D eigenvalue weighted by atomic mass is 32.1. The van der Waals surface area contributed by atoms with Gasteiger partial charge in [0.1, 0.15) is 0 Å². The number of benzene rings is 2. The molecule has 4 heterocycles. The fourth-order valence-electron chi connectivity index (χ4n) is 5.42. The molecule has 2 aromatic carbocycles. The Labute approximate surface area is 267 Å². The topological polar surface area (TPSA) is 68.3 Å². The summed E-state index contributed by atoms with van der Waals surface area (Å²) in [5.74, 6) is -0.859. The van der Waals surface area contributed by atoms with Gasteiger partial charge in [0.05, 0.1) is 11.1 Å². The Kier molecular flexibility index (Phi) is 6.46. The number of fused-ring (bicyclic) bond motifs is 2. The molecule has 2 aliphatic carbocycles. The van der Waals surface area contributed by atoms with Crippen molar-refractivity contribution in [2.45, 2.75) is 0 Å². The molecule has 0 unspecified atom stereocenters. The molecule has 0 N–H and O–H groups in total. The van der Waals surface area contributed by atoms with Crippen molar-refractivity contribution in [3.8, 4) is 29.3 Å². The van der Waals surface area contributed by atoms with Gasteiger partial charge in [0, 0.05) is 61.3 Å². The Morgan fingerprint density at radius 1 is 0.341 bits per heavy atom. The fourth-order valence-corrected chi connectivity index (χ4v) is 9.61. The van der Waals surface area contributed by atoms with Crippen LogP contribution in [0.1, 0.15) is 51.2 Å². The molecule has 0 saturated carbocycles. The molecule has 0 aliphatic heterocycles. The quantitative estimate of drug-likeness (QED) is 0.139. The van der Waals surface area contributed by atoms with Crippen LogP contribution in [0.3, 0.4) is 0 Å². The van der Waals surface area contributed by atoms with Gasteiger partial charge in [0.2, 0.25) is 0 Å². The van der Waals surface area contributed by atoms with E-state index in [-0.39, 0.29) is 34.3 Å². The van der Waals surface area contributed by atoms with Crippen molar-refractivity contribution >= 4 is 80.6 Å². The summed E-state index contributed by atoms with van der Waals surface area (Å²) in [6.07, 6.45) is 3.42. The highest BCUT2D eigenvalue weighted by molar-refractivity contribution is 7.28. The van der Waals surface area contributed by atoms with Gasteiger partial charge in [-0.25, -0.2) is 0 Å². The lowest BCUT2D eigenvalue weighted by Crippen LogP contribution is -1.99. The third kappa shape index (κ3) is 4.46. The van der Waals surface area contributed by atoms with Crippen LogP contribution in [0.4, 0.5) is 0 Å². The Morgan fingerprint density at radius 2 is 0.614 bits per heavy atom. The van der Waals surface area contributed by atoms with Crippen LogP contribution in [0, 0.1) is 0 Å². The first-order valence-corrected chi connectivity index (χ1v) is 16.9. The minimum atomic E-state index is -0.215. The highest BCUT2D eigenvalue weighted by Crippen LogP contribution is 2.43. The van der Waals surface area contributed by atoms with Gasteiger partial charge in [-0.05, 0) is 60.7 Å². The lowest BCUT2D eigenvalue weighted by atomic mass is 10.1. The molecule has 8 heteroatoms. The Bertz CT molecular complexity index is 2030. The summed E-state index contributed by atoms with van der Waals surface area (Å²) in [5.41, 5.74) is 2.33.